The summed E-state index contributed by atoms with van der Waals surface area (Å²) in [6.07, 6.45) is 40.7. The molecule has 110 heavy (non-hydrogen) atoms. The molecule has 616 valence electrons. The van der Waals surface area contributed by atoms with E-state index in [-0.39, 0.29) is 64.6 Å². The van der Waals surface area contributed by atoms with Crippen molar-refractivity contribution in [3.8, 4) is 0 Å². The van der Waals surface area contributed by atoms with E-state index in [1.165, 1.54) is 93.6 Å². The van der Waals surface area contributed by atoms with Crippen molar-refractivity contribution in [3.05, 3.63) is 42.5 Å². The van der Waals surface area contributed by atoms with Gasteiger partial charge in [-0.1, -0.05) is 18.2 Å². The predicted octanol–water partition coefficient (Wildman–Crippen LogP) is 6.82. The number of likely N-dealkylation sites (tertiary alicyclic amines) is 2. The molecule has 5 N–H and O–H groups in total. The zero-order chi connectivity index (χ0) is 82.0. The van der Waals surface area contributed by atoms with Crippen LogP contribution in [0.3, 0.4) is 0 Å². The molecule has 0 radical (unpaired) electrons. The first-order valence-corrected chi connectivity index (χ1v) is 40.5. The van der Waals surface area contributed by atoms with Gasteiger partial charge in [0, 0.05) is 124 Å². The number of carbonyl (C=O) groups is 11. The van der Waals surface area contributed by atoms with Gasteiger partial charge in [-0.25, -0.2) is 70.3 Å². The first-order valence-electron chi connectivity index (χ1n) is 40.5. The maximum absolute atomic E-state index is 12.2. The van der Waals surface area contributed by atoms with Gasteiger partial charge in [0.2, 0.25) is 24.2 Å². The Hall–Kier alpha value is -7.41. The minimum Gasteiger partial charge on any atom is -0.480 e. The summed E-state index contributed by atoms with van der Waals surface area (Å²) >= 11 is 0. The number of aliphatic carboxylic acids is 5. The van der Waals surface area contributed by atoms with Gasteiger partial charge in [-0.15, -0.1) is 0 Å². The fourth-order valence-corrected chi connectivity index (χ4v) is 16.5. The molecule has 10 unspecified atom stereocenters. The largest absolute Gasteiger partial charge is 0.480 e. The topological polar surface area (TPSA) is 329 Å². The number of fused-ring (bicyclic) bond motifs is 2. The molecule has 14 aliphatic heterocycles. The van der Waals surface area contributed by atoms with E-state index in [1.54, 1.807) is 17.6 Å². The smallest absolute Gasteiger partial charge is 0.404 e. The number of rotatable bonds is 8. The second kappa shape index (κ2) is 43.6. The molecule has 0 saturated carbocycles. The molecule has 0 aromatic heterocycles. The minimum atomic E-state index is -0.900. The van der Waals surface area contributed by atoms with E-state index in [0.29, 0.717) is 77.2 Å². The molecule has 0 aromatic carbocycles. The lowest BCUT2D eigenvalue weighted by Gasteiger charge is -2.41. The SMILES string of the molecule is C1=CCCC1.C=[N+](C)C.CC(C(=O)N1CCC[C@H]1C(=O)O)[N+](C)(C)C.CC1C(=O)[N+]12C=CCC2.CC1C(=O)[N+]12CCCC2.CC1C(=O)[N+]12CCC[C@H]2C(=O)O.CC1OC(=O)C2CCCN12.CC1OC2CCCN12.CC=[N+]1CCCC1.CC=[N+]1CCC[C@H]1C(=O)O.C[CH+]C(=O)N1CCC[C@H]1C(=O)O.O=C(O)C1=CCCC1. The molecule has 29 nitrogen and oxygen atoms in total. The number of quaternary nitrogens is 4. The van der Waals surface area contributed by atoms with Gasteiger partial charge < -0.3 is 44.4 Å². The number of amides is 5. The van der Waals surface area contributed by atoms with Gasteiger partial charge in [0.15, 0.2) is 24.7 Å². The summed E-state index contributed by atoms with van der Waals surface area (Å²) in [5.74, 6) is -3.33. The van der Waals surface area contributed by atoms with Crippen LogP contribution < -0.4 is 0 Å². The van der Waals surface area contributed by atoms with Gasteiger partial charge in [0.25, 0.3) is 5.91 Å². The molecule has 16 aliphatic rings. The van der Waals surface area contributed by atoms with Crippen LogP contribution in [-0.4, -0.2) is 342 Å². The van der Waals surface area contributed by atoms with Crippen LogP contribution in [0, 0.1) is 6.42 Å². The molecule has 29 heteroatoms. The molecule has 14 heterocycles. The third-order valence-corrected chi connectivity index (χ3v) is 23.9. The third-order valence-electron chi connectivity index (χ3n) is 23.9. The van der Waals surface area contributed by atoms with Gasteiger partial charge in [-0.2, -0.15) is 0 Å². The number of ether oxygens (including phenoxy) is 2. The molecule has 14 atom stereocenters. The number of carboxylic acid groups (broad SMARTS) is 5. The molecule has 3 spiro atoms. The van der Waals surface area contributed by atoms with Crippen molar-refractivity contribution in [1.29, 1.82) is 0 Å². The lowest BCUT2D eigenvalue weighted by Crippen LogP contribution is -2.55. The van der Waals surface area contributed by atoms with E-state index in [9.17, 15) is 52.7 Å². The minimum absolute atomic E-state index is 0.0231. The number of carbonyl (C=O) groups excluding carboxylic acids is 6. The molecule has 2 aliphatic carbocycles. The number of likely N-dealkylation sites (N-methyl/N-ethyl adjacent to an activating group) is 1. The molecule has 0 aromatic rings. The Bertz CT molecular complexity index is 3340. The average Bonchev–Trinajstić information content (AvgIpc) is 1.54. The second-order valence-electron chi connectivity index (χ2n) is 32.3. The highest BCUT2D eigenvalue weighted by Crippen LogP contribution is 2.43. The van der Waals surface area contributed by atoms with Gasteiger partial charge in [0.1, 0.15) is 89.7 Å². The Balaban J connectivity index is 0.000000217. The Morgan fingerprint density at radius 1 is 0.600 bits per heavy atom. The Labute approximate surface area is 653 Å². The molecule has 0 bridgehead atoms. The highest BCUT2D eigenvalue weighted by Gasteiger charge is 2.72. The van der Waals surface area contributed by atoms with Crippen LogP contribution in [0.2, 0.25) is 0 Å². The number of esters is 1. The zero-order valence-corrected chi connectivity index (χ0v) is 68.8. The number of carboxylic acids is 5. The van der Waals surface area contributed by atoms with E-state index in [4.69, 9.17) is 35.0 Å². The maximum atomic E-state index is 12.2. The van der Waals surface area contributed by atoms with Crippen LogP contribution in [0.25, 0.3) is 0 Å². The third kappa shape index (κ3) is 25.3. The summed E-state index contributed by atoms with van der Waals surface area (Å²) in [5, 5.41) is 43.6. The molecule has 16 rings (SSSR count). The summed E-state index contributed by atoms with van der Waals surface area (Å²) in [7, 11) is 9.59. The first kappa shape index (κ1) is 93.2. The molecular weight excluding hydrogens is 1410 g/mol. The van der Waals surface area contributed by atoms with Crippen molar-refractivity contribution in [2.75, 3.05) is 107 Å². The summed E-state index contributed by atoms with van der Waals surface area (Å²) in [6.45, 7) is 31.7. The fraction of sp³-hybridized carbons (Fsp3) is 0.741. The van der Waals surface area contributed by atoms with E-state index >= 15 is 0 Å². The predicted molar refractivity (Wildman–Crippen MR) is 415 cm³/mol. The molecule has 13 saturated heterocycles. The standard InChI is InChI=1S/C11H20N2O3.2C8H11NO3.2C7H11NO2.C7H12NO.C7H10NO.C6H11NO.C6H12N.C6H8O2.C5H8.C3H8N/c1-8(13(2,3)4)10(14)12-7-5-6-9(12)11(15)16;1-5-7(10)9(5)4-2-3-6(9)8(11)12;1-2-7(10)9-5-3-4-6(9)8(11)12;1-5-8-4-2-3-6(8)7(9)10-5;1-2-8-5-3-4-6(8)7(9)10;2*1-6-7(9)8(6)4-2-3-5-8;1-5-7-4-2-3-6(7)8-5;1-2-7-5-3-4-6-7;7-6(8)5-3-1-2-4-5;1-2-4-5-3-1;1-4(2)3/h8-9H,5-7H2,1-4H3;5-6H,2-4H2,1H3;2,6H,3-5H2,1H3;5-6H,2-4H2,1H3;2,6H,3-5H2,1H3;6H,2-5H2,1H3;2,4,6H,3,5H2,1H3;5-6H,2-4H2,1H3;2H,3-6H2,1H3;3H,1-2,4H2,(H,7,8);1-2H,3-5H2;1H2,2-3H3/q;;;;;2*+1;;+1;;;+1/p+4/t8?,9-;5?,6-,9?;6-;;6-;;;;;;;/m000.0......./s1. The van der Waals surface area contributed by atoms with E-state index < -0.39 is 48.0 Å². The number of allylic oxidation sites excluding steroid dienone is 3. The Kier molecular flexibility index (Phi) is 36.9. The normalized spacial score (nSPS) is 31.1. The molecule has 5 amide bonds. The van der Waals surface area contributed by atoms with Crippen molar-refractivity contribution in [2.24, 2.45) is 0 Å². The highest BCUT2D eigenvalue weighted by molar-refractivity contribution is 5.91. The van der Waals surface area contributed by atoms with Crippen LogP contribution >= 0.6 is 0 Å². The van der Waals surface area contributed by atoms with E-state index in [0.717, 1.165) is 114 Å². The number of hydrogen-bond acceptors (Lipinski definition) is 15. The first-order chi connectivity index (χ1) is 51.9. The van der Waals surface area contributed by atoms with Crippen molar-refractivity contribution < 1.29 is 119 Å². The summed E-state index contributed by atoms with van der Waals surface area (Å²) in [5.41, 5.74) is 0.588. The summed E-state index contributed by atoms with van der Waals surface area (Å²) in [6, 6.07) is -1.49. The van der Waals surface area contributed by atoms with Crippen LogP contribution in [-0.2, 0) is 62.2 Å². The fourth-order valence-electron chi connectivity index (χ4n) is 16.5. The number of cyclic esters (lactones) is 1. The quantitative estimate of drug-likeness (QED) is 0.0316. The van der Waals surface area contributed by atoms with Crippen molar-refractivity contribution >= 4 is 84.5 Å². The number of nitrogens with zero attached hydrogens (tertiary/aromatic N) is 11. The molecule has 13 fully saturated rings. The maximum Gasteiger partial charge on any atom is 0.404 e. The zero-order valence-electron chi connectivity index (χ0n) is 68.8. The van der Waals surface area contributed by atoms with Gasteiger partial charge in [-0.05, 0) is 117 Å². The van der Waals surface area contributed by atoms with Crippen molar-refractivity contribution in [2.45, 2.75) is 283 Å². The van der Waals surface area contributed by atoms with E-state index in [2.05, 4.69) is 59.4 Å². The second-order valence-corrected chi connectivity index (χ2v) is 32.3. The lowest BCUT2D eigenvalue weighted by atomic mass is 10.2. The highest BCUT2D eigenvalue weighted by atomic mass is 16.6. The Morgan fingerprint density at radius 3 is 1.51 bits per heavy atom. The van der Waals surface area contributed by atoms with Crippen LogP contribution in [0.15, 0.2) is 36.1 Å². The summed E-state index contributed by atoms with van der Waals surface area (Å²) < 4.78 is 18.6. The van der Waals surface area contributed by atoms with Gasteiger partial charge in [-0.3, -0.25) is 24.3 Å². The van der Waals surface area contributed by atoms with Crippen LogP contribution in [0.5, 0.6) is 0 Å². The Morgan fingerprint density at radius 2 is 1.15 bits per heavy atom. The average molecular weight is 1550 g/mol. The van der Waals surface area contributed by atoms with Gasteiger partial charge in [0.05, 0.1) is 54.2 Å². The number of hydrogen-bond donors (Lipinski definition) is 5. The molecular formula is C81H137N11O18+8. The monoisotopic (exact) mass is 1550 g/mol. The van der Waals surface area contributed by atoms with E-state index in [1.807, 2.05) is 93.8 Å². The van der Waals surface area contributed by atoms with Crippen molar-refractivity contribution in [3.63, 3.8) is 0 Å². The van der Waals surface area contributed by atoms with Crippen LogP contribution in [0.4, 0.5) is 0 Å². The van der Waals surface area contributed by atoms with Crippen LogP contribution in [0.1, 0.15) is 210 Å². The van der Waals surface area contributed by atoms with Gasteiger partial charge >= 0.3 is 59.4 Å². The lowest BCUT2D eigenvalue weighted by molar-refractivity contribution is -0.884. The summed E-state index contributed by atoms with van der Waals surface area (Å²) in [4.78, 5) is 128. The van der Waals surface area contributed by atoms with Crippen molar-refractivity contribution in [1.82, 2.24) is 19.6 Å².